The average molecular weight is 321 g/mol. The minimum absolute atomic E-state index is 0.208. The molecule has 0 aliphatic rings. The van der Waals surface area contributed by atoms with Crippen molar-refractivity contribution >= 4 is 17.5 Å². The van der Waals surface area contributed by atoms with Crippen LogP contribution in [0.5, 0.6) is 11.6 Å². The van der Waals surface area contributed by atoms with Crippen LogP contribution < -0.4 is 14.8 Å². The zero-order chi connectivity index (χ0) is 15.9. The molecule has 2 rings (SSSR count). The second-order valence-corrected chi connectivity index (χ2v) is 4.89. The van der Waals surface area contributed by atoms with Gasteiger partial charge in [-0.1, -0.05) is 17.7 Å². The fourth-order valence-corrected chi connectivity index (χ4v) is 2.08. The number of hydrogen-bond acceptors (Lipinski definition) is 4. The summed E-state index contributed by atoms with van der Waals surface area (Å²) in [7, 11) is 1.56. The van der Waals surface area contributed by atoms with Gasteiger partial charge in [0, 0.05) is 35.0 Å². The summed E-state index contributed by atoms with van der Waals surface area (Å²) in [5, 5.41) is 3.42. The molecule has 1 aromatic heterocycles. The number of rotatable bonds is 6. The number of carbonyl (C=O) groups is 1. The molecule has 1 aromatic carbocycles. The molecule has 0 bridgehead atoms. The summed E-state index contributed by atoms with van der Waals surface area (Å²) in [6, 6.07) is 8.53. The van der Waals surface area contributed by atoms with Gasteiger partial charge in [-0.2, -0.15) is 0 Å². The molecule has 5 nitrogen and oxygen atoms in total. The van der Waals surface area contributed by atoms with E-state index in [2.05, 4.69) is 10.3 Å². The van der Waals surface area contributed by atoms with E-state index in [1.165, 1.54) is 0 Å². The topological polar surface area (TPSA) is 60.5 Å². The fraction of sp³-hybridized carbons (Fsp3) is 0.250. The van der Waals surface area contributed by atoms with Gasteiger partial charge in [0.15, 0.2) is 0 Å². The molecular formula is C16H17ClN2O3. The van der Waals surface area contributed by atoms with Gasteiger partial charge < -0.3 is 14.8 Å². The summed E-state index contributed by atoms with van der Waals surface area (Å²) in [6.45, 7) is 2.70. The number of ether oxygens (including phenoxy) is 2. The molecule has 0 spiro atoms. The Bertz CT molecular complexity index is 662. The minimum Gasteiger partial charge on any atom is -0.496 e. The van der Waals surface area contributed by atoms with Crippen molar-refractivity contribution in [2.45, 2.75) is 13.5 Å². The maximum absolute atomic E-state index is 12.2. The van der Waals surface area contributed by atoms with Gasteiger partial charge in [0.05, 0.1) is 13.7 Å². The minimum atomic E-state index is -0.208. The first-order valence-corrected chi connectivity index (χ1v) is 7.21. The normalized spacial score (nSPS) is 10.1. The molecule has 0 aliphatic carbocycles. The number of pyridine rings is 1. The first kappa shape index (κ1) is 16.1. The van der Waals surface area contributed by atoms with E-state index in [1.54, 1.807) is 37.6 Å². The van der Waals surface area contributed by atoms with Gasteiger partial charge >= 0.3 is 0 Å². The Balaban J connectivity index is 2.05. The van der Waals surface area contributed by atoms with Crippen LogP contribution in [0, 0.1) is 0 Å². The van der Waals surface area contributed by atoms with Gasteiger partial charge in [-0.25, -0.2) is 4.98 Å². The third-order valence-electron chi connectivity index (χ3n) is 2.98. The van der Waals surface area contributed by atoms with E-state index in [0.717, 1.165) is 5.56 Å². The molecule has 22 heavy (non-hydrogen) atoms. The number of hydrogen-bond donors (Lipinski definition) is 1. The van der Waals surface area contributed by atoms with Crippen LogP contribution in [0.15, 0.2) is 36.5 Å². The van der Waals surface area contributed by atoms with Crippen molar-refractivity contribution in [3.63, 3.8) is 0 Å². The number of amides is 1. The molecule has 0 fully saturated rings. The number of halogens is 1. The lowest BCUT2D eigenvalue weighted by Crippen LogP contribution is -2.23. The van der Waals surface area contributed by atoms with Crippen LogP contribution in [0.3, 0.4) is 0 Å². The van der Waals surface area contributed by atoms with Crippen LogP contribution >= 0.6 is 11.6 Å². The summed E-state index contributed by atoms with van der Waals surface area (Å²) in [5.74, 6) is 0.858. The molecule has 0 saturated heterocycles. The van der Waals surface area contributed by atoms with Gasteiger partial charge in [-0.05, 0) is 25.1 Å². The highest BCUT2D eigenvalue weighted by Gasteiger charge is 2.09. The van der Waals surface area contributed by atoms with Crippen LogP contribution in [0.4, 0.5) is 0 Å². The van der Waals surface area contributed by atoms with Crippen LogP contribution in [0.1, 0.15) is 22.8 Å². The molecule has 6 heteroatoms. The zero-order valence-corrected chi connectivity index (χ0v) is 13.2. The number of carbonyl (C=O) groups excluding carboxylic acids is 1. The van der Waals surface area contributed by atoms with E-state index >= 15 is 0 Å². The van der Waals surface area contributed by atoms with E-state index in [-0.39, 0.29) is 5.91 Å². The number of methoxy groups -OCH3 is 1. The predicted molar refractivity (Wildman–Crippen MR) is 84.6 cm³/mol. The van der Waals surface area contributed by atoms with E-state index in [0.29, 0.717) is 35.4 Å². The lowest BCUT2D eigenvalue weighted by atomic mass is 10.2. The molecular weight excluding hydrogens is 304 g/mol. The van der Waals surface area contributed by atoms with E-state index in [4.69, 9.17) is 21.1 Å². The predicted octanol–water partition coefficient (Wildman–Crippen LogP) is 3.07. The third-order valence-corrected chi connectivity index (χ3v) is 3.21. The summed E-state index contributed by atoms with van der Waals surface area (Å²) in [5.41, 5.74) is 1.34. The van der Waals surface area contributed by atoms with Crippen LogP contribution in [0.25, 0.3) is 0 Å². The number of benzene rings is 1. The Kier molecular flexibility index (Phi) is 5.61. The van der Waals surface area contributed by atoms with Gasteiger partial charge in [-0.3, -0.25) is 4.79 Å². The summed E-state index contributed by atoms with van der Waals surface area (Å²) in [6.07, 6.45) is 1.54. The van der Waals surface area contributed by atoms with Crippen LogP contribution in [-0.2, 0) is 6.54 Å². The first-order valence-electron chi connectivity index (χ1n) is 6.83. The number of nitrogens with one attached hydrogen (secondary N) is 1. The average Bonchev–Trinajstić information content (AvgIpc) is 2.54. The molecule has 0 aliphatic heterocycles. The second-order valence-electron chi connectivity index (χ2n) is 4.45. The van der Waals surface area contributed by atoms with Crippen molar-refractivity contribution in [1.82, 2.24) is 10.3 Å². The summed E-state index contributed by atoms with van der Waals surface area (Å²) < 4.78 is 10.5. The molecule has 1 heterocycles. The fourth-order valence-electron chi connectivity index (χ4n) is 1.92. The van der Waals surface area contributed by atoms with Gasteiger partial charge in [-0.15, -0.1) is 0 Å². The van der Waals surface area contributed by atoms with Gasteiger partial charge in [0.1, 0.15) is 5.75 Å². The van der Waals surface area contributed by atoms with Crippen LogP contribution in [-0.4, -0.2) is 24.6 Å². The number of aromatic nitrogens is 1. The standard InChI is InChI=1S/C16H17ClN2O3/c1-3-22-15-8-11(6-7-18-15)16(20)19-10-12-4-5-13(17)9-14(12)21-2/h4-9H,3,10H2,1-2H3,(H,19,20). The van der Waals surface area contributed by atoms with Crippen molar-refractivity contribution < 1.29 is 14.3 Å². The Hall–Kier alpha value is -2.27. The third kappa shape index (κ3) is 4.11. The maximum atomic E-state index is 12.2. The second kappa shape index (κ2) is 7.66. The molecule has 0 unspecified atom stereocenters. The van der Waals surface area contributed by atoms with E-state index < -0.39 is 0 Å². The zero-order valence-electron chi connectivity index (χ0n) is 12.4. The first-order chi connectivity index (χ1) is 10.6. The Labute approximate surface area is 134 Å². The quantitative estimate of drug-likeness (QED) is 0.888. The van der Waals surface area contributed by atoms with Crippen molar-refractivity contribution in [2.75, 3.05) is 13.7 Å². The van der Waals surface area contributed by atoms with Gasteiger partial charge in [0.2, 0.25) is 5.88 Å². The van der Waals surface area contributed by atoms with Crippen molar-refractivity contribution in [3.8, 4) is 11.6 Å². The van der Waals surface area contributed by atoms with Crippen molar-refractivity contribution in [1.29, 1.82) is 0 Å². The van der Waals surface area contributed by atoms with Crippen molar-refractivity contribution in [3.05, 3.63) is 52.7 Å². The molecule has 0 saturated carbocycles. The number of nitrogens with zero attached hydrogens (tertiary/aromatic N) is 1. The maximum Gasteiger partial charge on any atom is 0.251 e. The smallest absolute Gasteiger partial charge is 0.251 e. The largest absolute Gasteiger partial charge is 0.496 e. The molecule has 0 radical (unpaired) electrons. The Morgan fingerprint density at radius 3 is 2.86 bits per heavy atom. The Morgan fingerprint density at radius 1 is 1.32 bits per heavy atom. The summed E-state index contributed by atoms with van der Waals surface area (Å²) >= 11 is 5.91. The highest BCUT2D eigenvalue weighted by Crippen LogP contribution is 2.23. The lowest BCUT2D eigenvalue weighted by molar-refractivity contribution is 0.0950. The molecule has 1 N–H and O–H groups in total. The SMILES string of the molecule is CCOc1cc(C(=O)NCc2ccc(Cl)cc2OC)ccn1. The van der Waals surface area contributed by atoms with Gasteiger partial charge in [0.25, 0.3) is 5.91 Å². The van der Waals surface area contributed by atoms with Crippen molar-refractivity contribution in [2.24, 2.45) is 0 Å². The lowest BCUT2D eigenvalue weighted by Gasteiger charge is -2.10. The highest BCUT2D eigenvalue weighted by molar-refractivity contribution is 6.30. The molecule has 1 amide bonds. The molecule has 2 aromatic rings. The van der Waals surface area contributed by atoms with Crippen LogP contribution in [0.2, 0.25) is 5.02 Å². The monoisotopic (exact) mass is 320 g/mol. The molecule has 116 valence electrons. The highest BCUT2D eigenvalue weighted by atomic mass is 35.5. The summed E-state index contributed by atoms with van der Waals surface area (Å²) in [4.78, 5) is 16.2. The van der Waals surface area contributed by atoms with E-state index in [9.17, 15) is 4.79 Å². The molecule has 0 atom stereocenters. The van der Waals surface area contributed by atoms with E-state index in [1.807, 2.05) is 13.0 Å². The Morgan fingerprint density at radius 2 is 2.14 bits per heavy atom.